The molecule has 0 fully saturated rings. The number of hydrogen-bond acceptors (Lipinski definition) is 3. The van der Waals surface area contributed by atoms with E-state index in [0.717, 1.165) is 94.5 Å². The summed E-state index contributed by atoms with van der Waals surface area (Å²) in [6.07, 6.45) is 0. The zero-order chi connectivity index (χ0) is 35.0. The van der Waals surface area contributed by atoms with E-state index in [1.54, 1.807) is 6.07 Å². The Labute approximate surface area is 306 Å². The number of fused-ring (bicyclic) bond motifs is 8. The van der Waals surface area contributed by atoms with Crippen molar-refractivity contribution in [3.63, 3.8) is 0 Å². The number of nitrogens with zero attached hydrogens (tertiary/aromatic N) is 1. The van der Waals surface area contributed by atoms with Gasteiger partial charge >= 0.3 is 0 Å². The summed E-state index contributed by atoms with van der Waals surface area (Å²) in [7, 11) is 2.19. The van der Waals surface area contributed by atoms with Crippen molar-refractivity contribution in [3.8, 4) is 56.3 Å². The lowest BCUT2D eigenvalue weighted by Gasteiger charge is -2.25. The second kappa shape index (κ2) is 11.5. The highest BCUT2D eigenvalue weighted by molar-refractivity contribution is 6.71. The zero-order valence-electron chi connectivity index (χ0n) is 28.5. The molecule has 0 bridgehead atoms. The van der Waals surface area contributed by atoms with Crippen molar-refractivity contribution in [1.29, 1.82) is 0 Å². The molecule has 0 unspecified atom stereocenters. The van der Waals surface area contributed by atoms with Gasteiger partial charge in [-0.1, -0.05) is 97.1 Å². The first kappa shape index (κ1) is 29.7. The van der Waals surface area contributed by atoms with Gasteiger partial charge in [-0.3, -0.25) is 0 Å². The largest absolute Gasteiger partial charge is 0.507 e. The van der Waals surface area contributed by atoms with Gasteiger partial charge in [0.05, 0.1) is 11.0 Å². The molecule has 4 nitrogen and oxygen atoms in total. The second-order valence-electron chi connectivity index (χ2n) is 13.7. The minimum atomic E-state index is 0.222. The molecule has 2 aromatic heterocycles. The molecule has 5 heteroatoms. The van der Waals surface area contributed by atoms with Crippen molar-refractivity contribution in [2.45, 2.75) is 0 Å². The van der Waals surface area contributed by atoms with Crippen molar-refractivity contribution in [2.24, 2.45) is 0 Å². The number of phenolic OH excluding ortho intramolecular Hbond substituents is 1. The average Bonchev–Trinajstić information content (AvgIpc) is 3.75. The number of ether oxygens (including phenoxy) is 1. The molecular weight excluding hydrogens is 649 g/mol. The molecule has 0 spiro atoms. The van der Waals surface area contributed by atoms with Gasteiger partial charge in [-0.15, -0.1) is 0 Å². The van der Waals surface area contributed by atoms with E-state index in [0.29, 0.717) is 0 Å². The van der Waals surface area contributed by atoms with Crippen LogP contribution in [0.15, 0.2) is 174 Å². The maximum atomic E-state index is 11.2. The minimum absolute atomic E-state index is 0.222. The summed E-state index contributed by atoms with van der Waals surface area (Å²) in [6.45, 7) is 0. The molecule has 8 aromatic carbocycles. The summed E-state index contributed by atoms with van der Waals surface area (Å²) in [5, 5.41) is 15.8. The SMILES string of the molecule is Oc1ccccc1-c1cc(-c2cccc(-c3ccc4oc5ccccc5c4c3)c2)cc2c1[B]c1cc(-n3c4ccccc4c4ccccc43)ccc1O2. The highest BCUT2D eigenvalue weighted by atomic mass is 16.5. The van der Waals surface area contributed by atoms with Crippen LogP contribution in [-0.2, 0) is 0 Å². The Hall–Kier alpha value is -6.98. The predicted molar refractivity (Wildman–Crippen MR) is 218 cm³/mol. The Bertz CT molecular complexity index is 3050. The van der Waals surface area contributed by atoms with Crippen LogP contribution in [0.3, 0.4) is 0 Å². The smallest absolute Gasteiger partial charge is 0.202 e. The molecule has 3 heterocycles. The van der Waals surface area contributed by atoms with Crippen molar-refractivity contribution in [2.75, 3.05) is 0 Å². The normalized spacial score (nSPS) is 12.2. The van der Waals surface area contributed by atoms with Crippen LogP contribution in [0, 0.1) is 0 Å². The number of benzene rings is 8. The number of furan rings is 1. The Morgan fingerprint density at radius 3 is 1.94 bits per heavy atom. The van der Waals surface area contributed by atoms with Crippen LogP contribution < -0.4 is 15.7 Å². The topological polar surface area (TPSA) is 47.5 Å². The molecule has 1 N–H and O–H groups in total. The third-order valence-corrected chi connectivity index (χ3v) is 10.6. The Balaban J connectivity index is 1.03. The molecule has 11 rings (SSSR count). The van der Waals surface area contributed by atoms with Gasteiger partial charge in [0.2, 0.25) is 7.28 Å². The molecule has 247 valence electrons. The van der Waals surface area contributed by atoms with E-state index in [1.807, 2.05) is 36.4 Å². The lowest BCUT2D eigenvalue weighted by Crippen LogP contribution is -2.35. The number of aromatic nitrogens is 1. The fourth-order valence-corrected chi connectivity index (χ4v) is 8.09. The van der Waals surface area contributed by atoms with Gasteiger partial charge in [0.15, 0.2) is 0 Å². The van der Waals surface area contributed by atoms with Gasteiger partial charge in [0, 0.05) is 32.8 Å². The third-order valence-electron chi connectivity index (χ3n) is 10.6. The summed E-state index contributed by atoms with van der Waals surface area (Å²) in [6, 6.07) is 58.4. The Morgan fingerprint density at radius 2 is 1.13 bits per heavy atom. The Morgan fingerprint density at radius 1 is 0.453 bits per heavy atom. The van der Waals surface area contributed by atoms with Crippen molar-refractivity contribution in [1.82, 2.24) is 4.57 Å². The van der Waals surface area contributed by atoms with Crippen LogP contribution >= 0.6 is 0 Å². The van der Waals surface area contributed by atoms with Gasteiger partial charge in [0.25, 0.3) is 0 Å². The van der Waals surface area contributed by atoms with E-state index in [2.05, 4.69) is 139 Å². The first-order chi connectivity index (χ1) is 26.2. The van der Waals surface area contributed by atoms with Gasteiger partial charge in [-0.2, -0.15) is 0 Å². The molecule has 1 aliphatic heterocycles. The zero-order valence-corrected chi connectivity index (χ0v) is 28.5. The average molecular weight is 679 g/mol. The van der Waals surface area contributed by atoms with Crippen molar-refractivity contribution < 1.29 is 14.3 Å². The molecule has 53 heavy (non-hydrogen) atoms. The summed E-state index contributed by atoms with van der Waals surface area (Å²) >= 11 is 0. The molecule has 1 radical (unpaired) electrons. The molecule has 10 aromatic rings. The number of aromatic hydroxyl groups is 1. The summed E-state index contributed by atoms with van der Waals surface area (Å²) in [4.78, 5) is 0. The van der Waals surface area contributed by atoms with E-state index in [-0.39, 0.29) is 5.75 Å². The van der Waals surface area contributed by atoms with Crippen LogP contribution in [-0.4, -0.2) is 17.0 Å². The van der Waals surface area contributed by atoms with Crippen LogP contribution in [0.2, 0.25) is 0 Å². The molecule has 1 aliphatic rings. The number of hydrogen-bond donors (Lipinski definition) is 1. The Kier molecular flexibility index (Phi) is 6.46. The highest BCUT2D eigenvalue weighted by Crippen LogP contribution is 2.39. The lowest BCUT2D eigenvalue weighted by molar-refractivity contribution is 0.477. The van der Waals surface area contributed by atoms with Gasteiger partial charge in [0.1, 0.15) is 28.4 Å². The van der Waals surface area contributed by atoms with Gasteiger partial charge in [-0.05, 0) is 112 Å². The van der Waals surface area contributed by atoms with E-state index >= 15 is 0 Å². The van der Waals surface area contributed by atoms with E-state index in [4.69, 9.17) is 9.15 Å². The maximum Gasteiger partial charge on any atom is 0.202 e. The molecule has 0 saturated heterocycles. The third kappa shape index (κ3) is 4.71. The monoisotopic (exact) mass is 678 g/mol. The predicted octanol–water partition coefficient (Wildman–Crippen LogP) is 11.2. The highest BCUT2D eigenvalue weighted by Gasteiger charge is 2.25. The second-order valence-corrected chi connectivity index (χ2v) is 13.7. The summed E-state index contributed by atoms with van der Waals surface area (Å²) in [5.74, 6) is 1.76. The standard InChI is InChI=1S/C48H29BNO3/c51-43-18-7-3-14-36(43)39-26-32(30-11-9-10-29(24-30)31-20-22-45-38(25-31)37-15-4-8-19-44(37)52-45)27-47-48(39)49-40-28-33(21-23-46(40)53-47)50-41-16-5-1-12-34(41)35-13-2-6-17-42(35)50/h1-28,51H. The van der Waals surface area contributed by atoms with Crippen molar-refractivity contribution in [3.05, 3.63) is 170 Å². The number of rotatable bonds is 4. The first-order valence-electron chi connectivity index (χ1n) is 17.8. The summed E-state index contributed by atoms with van der Waals surface area (Å²) < 4.78 is 15.2. The van der Waals surface area contributed by atoms with Crippen LogP contribution in [0.1, 0.15) is 0 Å². The fraction of sp³-hybridized carbons (Fsp3) is 0. The molecule has 0 aliphatic carbocycles. The summed E-state index contributed by atoms with van der Waals surface area (Å²) in [5.41, 5.74) is 13.0. The number of phenols is 1. The van der Waals surface area contributed by atoms with E-state index in [9.17, 15) is 5.11 Å². The van der Waals surface area contributed by atoms with Gasteiger partial charge in [-0.25, -0.2) is 0 Å². The van der Waals surface area contributed by atoms with E-state index in [1.165, 1.54) is 10.8 Å². The maximum absolute atomic E-state index is 11.2. The van der Waals surface area contributed by atoms with Crippen LogP contribution in [0.25, 0.3) is 82.8 Å². The minimum Gasteiger partial charge on any atom is -0.507 e. The van der Waals surface area contributed by atoms with E-state index < -0.39 is 0 Å². The lowest BCUT2D eigenvalue weighted by atomic mass is 9.59. The van der Waals surface area contributed by atoms with Crippen molar-refractivity contribution >= 4 is 61.9 Å². The van der Waals surface area contributed by atoms with Gasteiger partial charge < -0.3 is 18.8 Å². The molecular formula is C48H29BNO3. The molecule has 0 saturated carbocycles. The quantitative estimate of drug-likeness (QED) is 0.189. The number of para-hydroxylation sites is 4. The molecule has 0 atom stereocenters. The fourth-order valence-electron chi connectivity index (χ4n) is 8.09. The first-order valence-corrected chi connectivity index (χ1v) is 17.8. The molecule has 0 amide bonds. The van der Waals surface area contributed by atoms with Crippen LogP contribution in [0.4, 0.5) is 0 Å². The van der Waals surface area contributed by atoms with Crippen LogP contribution in [0.5, 0.6) is 17.2 Å².